The minimum absolute atomic E-state index is 0.122. The minimum Gasteiger partial charge on any atom is -0.480 e. The largest absolute Gasteiger partial charge is 0.480 e. The van der Waals surface area contributed by atoms with Crippen LogP contribution in [-0.2, 0) is 17.9 Å². The Kier molecular flexibility index (Phi) is 5.39. The number of halogens is 3. The van der Waals surface area contributed by atoms with Crippen molar-refractivity contribution in [2.24, 2.45) is 0 Å². The van der Waals surface area contributed by atoms with Crippen molar-refractivity contribution in [2.75, 3.05) is 0 Å². The summed E-state index contributed by atoms with van der Waals surface area (Å²) in [6.07, 6.45) is 2.46. The molecule has 0 aliphatic heterocycles. The maximum Gasteiger partial charge on any atom is 0.447 e. The summed E-state index contributed by atoms with van der Waals surface area (Å²) in [6.45, 7) is -0.514. The molecule has 0 aliphatic carbocycles. The summed E-state index contributed by atoms with van der Waals surface area (Å²) in [6, 6.07) is 2.57. The van der Waals surface area contributed by atoms with Gasteiger partial charge in [-0.3, -0.25) is 9.59 Å². The summed E-state index contributed by atoms with van der Waals surface area (Å²) in [5.41, 5.74) is -4.53. The lowest BCUT2D eigenvalue weighted by molar-refractivity contribution is -0.137. The third kappa shape index (κ3) is 5.22. The highest BCUT2D eigenvalue weighted by Crippen LogP contribution is 2.37. The molecule has 0 atom stereocenters. The molecule has 0 aromatic carbocycles. The van der Waals surface area contributed by atoms with E-state index in [2.05, 4.69) is 20.6 Å². The molecule has 2 heterocycles. The zero-order chi connectivity index (χ0) is 17.7. The summed E-state index contributed by atoms with van der Waals surface area (Å²) < 4.78 is 38.4. The van der Waals surface area contributed by atoms with E-state index < -0.39 is 40.7 Å². The molecule has 0 unspecified atom stereocenters. The molecule has 2 rings (SSSR count). The molecule has 0 bridgehead atoms. The zero-order valence-corrected chi connectivity index (χ0v) is 12.6. The van der Waals surface area contributed by atoms with E-state index in [4.69, 9.17) is 5.11 Å². The van der Waals surface area contributed by atoms with Crippen molar-refractivity contribution in [1.82, 2.24) is 25.3 Å². The van der Waals surface area contributed by atoms with E-state index in [1.54, 1.807) is 0 Å². The Morgan fingerprint density at radius 2 is 2.12 bits per heavy atom. The first kappa shape index (κ1) is 17.7. The Morgan fingerprint density at radius 1 is 1.38 bits per heavy atom. The molecule has 0 fully saturated rings. The topological polar surface area (TPSA) is 110 Å². The third-order valence-corrected chi connectivity index (χ3v) is 3.29. The Hall–Kier alpha value is -2.63. The number of thioether (sulfide) groups is 1. The average molecular weight is 361 g/mol. The number of nitrogens with zero attached hydrogens (tertiary/aromatic N) is 4. The number of amides is 1. The number of aliphatic carboxylic acids is 1. The van der Waals surface area contributed by atoms with Gasteiger partial charge < -0.3 is 10.4 Å². The van der Waals surface area contributed by atoms with Crippen LogP contribution in [0.2, 0.25) is 0 Å². The van der Waals surface area contributed by atoms with E-state index in [1.165, 1.54) is 18.3 Å². The molecule has 0 aliphatic rings. The normalized spacial score (nSPS) is 11.3. The Bertz CT molecular complexity index is 750. The fraction of sp³-hybridized carbons (Fsp3) is 0.250. The van der Waals surface area contributed by atoms with Gasteiger partial charge in [0.2, 0.25) is 0 Å². The number of aromatic nitrogens is 4. The van der Waals surface area contributed by atoms with Gasteiger partial charge in [0, 0.05) is 18.0 Å². The molecule has 0 saturated heterocycles. The molecule has 2 aromatic heterocycles. The lowest BCUT2D eigenvalue weighted by atomic mass is 10.2. The monoisotopic (exact) mass is 361 g/mol. The van der Waals surface area contributed by atoms with Crippen LogP contribution in [0.1, 0.15) is 16.1 Å². The summed E-state index contributed by atoms with van der Waals surface area (Å²) in [4.78, 5) is 26.1. The van der Waals surface area contributed by atoms with Crippen LogP contribution in [0.15, 0.2) is 29.6 Å². The van der Waals surface area contributed by atoms with Crippen molar-refractivity contribution in [3.05, 3.63) is 35.8 Å². The van der Waals surface area contributed by atoms with Gasteiger partial charge in [-0.05, 0) is 12.1 Å². The second-order valence-electron chi connectivity index (χ2n) is 4.39. The standard InChI is InChI=1S/C12H10F3N5O3S/c13-12(14,15)24-11-8(2-1-3-16-11)10(23)17-4-7-5-20(19-18-7)6-9(21)22/h1-3,5H,4,6H2,(H,17,23)(H,21,22). The van der Waals surface area contributed by atoms with Gasteiger partial charge in [0.15, 0.2) is 0 Å². The second kappa shape index (κ2) is 7.29. The first-order valence-electron chi connectivity index (χ1n) is 6.34. The van der Waals surface area contributed by atoms with Gasteiger partial charge >= 0.3 is 11.5 Å². The molecule has 0 spiro atoms. The number of hydrogen-bond acceptors (Lipinski definition) is 6. The molecule has 2 aromatic rings. The molecular formula is C12H10F3N5O3S. The average Bonchev–Trinajstić information content (AvgIpc) is 2.90. The number of carbonyl (C=O) groups excluding carboxylic acids is 1. The zero-order valence-electron chi connectivity index (χ0n) is 11.8. The highest BCUT2D eigenvalue weighted by molar-refractivity contribution is 8.00. The maximum absolute atomic E-state index is 12.5. The second-order valence-corrected chi connectivity index (χ2v) is 5.44. The fourth-order valence-corrected chi connectivity index (χ4v) is 2.26. The number of alkyl halides is 3. The highest BCUT2D eigenvalue weighted by Gasteiger charge is 2.32. The SMILES string of the molecule is O=C(O)Cn1cc(CNC(=O)c2cccnc2SC(F)(F)F)nn1. The quantitative estimate of drug-likeness (QED) is 0.746. The number of carboxylic acid groups (broad SMARTS) is 1. The van der Waals surface area contributed by atoms with Crippen LogP contribution in [0.5, 0.6) is 0 Å². The molecule has 8 nitrogen and oxygen atoms in total. The van der Waals surface area contributed by atoms with Crippen LogP contribution in [0.25, 0.3) is 0 Å². The molecule has 2 N–H and O–H groups in total. The Morgan fingerprint density at radius 3 is 2.79 bits per heavy atom. The fourth-order valence-electron chi connectivity index (χ4n) is 1.66. The molecule has 12 heteroatoms. The Balaban J connectivity index is 2.02. The Labute approximate surface area is 137 Å². The van der Waals surface area contributed by atoms with E-state index in [0.29, 0.717) is 0 Å². The summed E-state index contributed by atoms with van der Waals surface area (Å²) >= 11 is -0.481. The van der Waals surface area contributed by atoms with Gasteiger partial charge in [-0.25, -0.2) is 9.67 Å². The van der Waals surface area contributed by atoms with Gasteiger partial charge in [-0.15, -0.1) is 5.10 Å². The van der Waals surface area contributed by atoms with Crippen molar-refractivity contribution in [3.8, 4) is 0 Å². The van der Waals surface area contributed by atoms with Crippen molar-refractivity contribution in [1.29, 1.82) is 0 Å². The summed E-state index contributed by atoms with van der Waals surface area (Å²) in [5.74, 6) is -1.87. The van der Waals surface area contributed by atoms with Gasteiger partial charge in [0.05, 0.1) is 18.3 Å². The van der Waals surface area contributed by atoms with Crippen molar-refractivity contribution < 1.29 is 27.9 Å². The molecule has 0 radical (unpaired) electrons. The van der Waals surface area contributed by atoms with Crippen LogP contribution >= 0.6 is 11.8 Å². The smallest absolute Gasteiger partial charge is 0.447 e. The van der Waals surface area contributed by atoms with Gasteiger partial charge in [-0.2, -0.15) is 13.2 Å². The van der Waals surface area contributed by atoms with Crippen LogP contribution < -0.4 is 5.32 Å². The number of rotatable bonds is 6. The van der Waals surface area contributed by atoms with Crippen molar-refractivity contribution in [3.63, 3.8) is 0 Å². The molecule has 0 saturated carbocycles. The molecular weight excluding hydrogens is 351 g/mol. The lowest BCUT2D eigenvalue weighted by Gasteiger charge is -2.09. The van der Waals surface area contributed by atoms with Gasteiger partial charge in [0.1, 0.15) is 17.3 Å². The van der Waals surface area contributed by atoms with E-state index in [1.807, 2.05) is 0 Å². The summed E-state index contributed by atoms with van der Waals surface area (Å²) in [5, 5.41) is 17.7. The minimum atomic E-state index is -4.57. The summed E-state index contributed by atoms with van der Waals surface area (Å²) in [7, 11) is 0. The predicted octanol–water partition coefficient (Wildman–Crippen LogP) is 1.30. The molecule has 128 valence electrons. The lowest BCUT2D eigenvalue weighted by Crippen LogP contribution is -2.24. The van der Waals surface area contributed by atoms with Crippen LogP contribution in [0.3, 0.4) is 0 Å². The van der Waals surface area contributed by atoms with Crippen LogP contribution in [0.4, 0.5) is 13.2 Å². The maximum atomic E-state index is 12.5. The van der Waals surface area contributed by atoms with E-state index >= 15 is 0 Å². The number of carbonyl (C=O) groups is 2. The molecule has 24 heavy (non-hydrogen) atoms. The van der Waals surface area contributed by atoms with Crippen molar-refractivity contribution in [2.45, 2.75) is 23.6 Å². The number of hydrogen-bond donors (Lipinski definition) is 2. The van der Waals surface area contributed by atoms with E-state index in [-0.39, 0.29) is 17.8 Å². The van der Waals surface area contributed by atoms with E-state index in [0.717, 1.165) is 10.9 Å². The first-order chi connectivity index (χ1) is 11.2. The number of carboxylic acids is 1. The predicted molar refractivity (Wildman–Crippen MR) is 75.0 cm³/mol. The van der Waals surface area contributed by atoms with Gasteiger partial charge in [0.25, 0.3) is 5.91 Å². The van der Waals surface area contributed by atoms with E-state index in [9.17, 15) is 22.8 Å². The van der Waals surface area contributed by atoms with Gasteiger partial charge in [-0.1, -0.05) is 5.21 Å². The first-order valence-corrected chi connectivity index (χ1v) is 7.16. The van der Waals surface area contributed by atoms with Crippen molar-refractivity contribution >= 4 is 23.6 Å². The van der Waals surface area contributed by atoms with Crippen LogP contribution in [0, 0.1) is 0 Å². The highest BCUT2D eigenvalue weighted by atomic mass is 32.2. The number of pyridine rings is 1. The van der Waals surface area contributed by atoms with Crippen LogP contribution in [-0.4, -0.2) is 42.5 Å². The molecule has 1 amide bonds. The third-order valence-electron chi connectivity index (χ3n) is 2.54. The number of nitrogens with one attached hydrogen (secondary N) is 1.